The van der Waals surface area contributed by atoms with Gasteiger partial charge in [0.05, 0.1) is 11.0 Å². The average molecular weight is 297 g/mol. The van der Waals surface area contributed by atoms with Gasteiger partial charge >= 0.3 is 5.69 Å². The first-order valence-corrected chi connectivity index (χ1v) is 6.60. The van der Waals surface area contributed by atoms with Gasteiger partial charge in [0.15, 0.2) is 0 Å². The third-order valence-corrected chi connectivity index (χ3v) is 3.83. The van der Waals surface area contributed by atoms with Crippen LogP contribution >= 0.6 is 11.3 Å². The highest BCUT2D eigenvalue weighted by Crippen LogP contribution is 2.42. The van der Waals surface area contributed by atoms with E-state index >= 15 is 0 Å². The molecule has 0 spiro atoms. The van der Waals surface area contributed by atoms with Gasteiger partial charge in [0.1, 0.15) is 11.6 Å². The van der Waals surface area contributed by atoms with E-state index in [4.69, 9.17) is 4.74 Å². The number of ether oxygens (including phenoxy) is 1. The largest absolute Gasteiger partial charge is 0.440 e. The Bertz CT molecular complexity index is 654. The van der Waals surface area contributed by atoms with Gasteiger partial charge < -0.3 is 9.84 Å². The number of benzene rings is 1. The molecule has 1 unspecified atom stereocenters. The van der Waals surface area contributed by atoms with Crippen LogP contribution in [-0.4, -0.2) is 10.0 Å². The van der Waals surface area contributed by atoms with E-state index < -0.39 is 16.8 Å². The minimum atomic E-state index is -0.828. The fourth-order valence-corrected chi connectivity index (χ4v) is 2.46. The molecule has 2 aromatic rings. The Morgan fingerprint density at radius 3 is 2.70 bits per heavy atom. The Labute approximate surface area is 118 Å². The summed E-state index contributed by atoms with van der Waals surface area (Å²) in [5, 5.41) is 20.4. The number of aliphatic hydroxyl groups excluding tert-OH is 1. The van der Waals surface area contributed by atoms with Gasteiger partial charge in [-0.2, -0.15) is 0 Å². The summed E-state index contributed by atoms with van der Waals surface area (Å²) in [6, 6.07) is 5.49. The van der Waals surface area contributed by atoms with Crippen molar-refractivity contribution in [1.82, 2.24) is 0 Å². The molecule has 0 aliphatic rings. The van der Waals surface area contributed by atoms with Crippen LogP contribution in [0, 0.1) is 22.9 Å². The molecule has 0 bridgehead atoms. The molecule has 2 rings (SSSR count). The Balaban J connectivity index is 2.36. The number of aliphatic hydroxyl groups is 1. The van der Waals surface area contributed by atoms with Crippen molar-refractivity contribution in [2.45, 2.75) is 20.0 Å². The Hall–Kier alpha value is -1.99. The van der Waals surface area contributed by atoms with Crippen molar-refractivity contribution < 1.29 is 19.2 Å². The maximum absolute atomic E-state index is 13.4. The topological polar surface area (TPSA) is 72.6 Å². The molecule has 1 atom stereocenters. The standard InChI is InChI=1S/C13H12FNO4S/c1-7-3-4-9(5-10(7)14)19-13-11(15(17)18)6-12(20-13)8(2)16/h3-6,8,16H,1-2H3. The van der Waals surface area contributed by atoms with Crippen LogP contribution in [0.5, 0.6) is 10.8 Å². The Kier molecular flexibility index (Phi) is 4.01. The van der Waals surface area contributed by atoms with Crippen molar-refractivity contribution in [3.63, 3.8) is 0 Å². The van der Waals surface area contributed by atoms with Crippen LogP contribution in [0.3, 0.4) is 0 Å². The second-order valence-corrected chi connectivity index (χ2v) is 5.31. The van der Waals surface area contributed by atoms with Gasteiger partial charge in [-0.3, -0.25) is 10.1 Å². The predicted molar refractivity (Wildman–Crippen MR) is 72.8 cm³/mol. The van der Waals surface area contributed by atoms with Crippen LogP contribution in [0.4, 0.5) is 10.1 Å². The molecule has 1 N–H and O–H groups in total. The van der Waals surface area contributed by atoms with Gasteiger partial charge in [0.2, 0.25) is 0 Å². The molecule has 1 aromatic heterocycles. The molecule has 0 saturated carbocycles. The van der Waals surface area contributed by atoms with E-state index in [1.54, 1.807) is 6.92 Å². The fourth-order valence-electron chi connectivity index (χ4n) is 1.53. The number of aryl methyl sites for hydroxylation is 1. The molecular formula is C13H12FNO4S. The molecule has 0 amide bonds. The maximum atomic E-state index is 13.4. The maximum Gasteiger partial charge on any atom is 0.323 e. The number of halogens is 1. The van der Waals surface area contributed by atoms with Crippen molar-refractivity contribution in [1.29, 1.82) is 0 Å². The van der Waals surface area contributed by atoms with E-state index in [-0.39, 0.29) is 16.5 Å². The first-order chi connectivity index (χ1) is 9.38. The summed E-state index contributed by atoms with van der Waals surface area (Å²) < 4.78 is 18.8. The van der Waals surface area contributed by atoms with Gasteiger partial charge in [-0.05, 0) is 25.5 Å². The van der Waals surface area contributed by atoms with Crippen LogP contribution < -0.4 is 4.74 Å². The summed E-state index contributed by atoms with van der Waals surface area (Å²) in [4.78, 5) is 10.8. The summed E-state index contributed by atoms with van der Waals surface area (Å²) in [7, 11) is 0. The van der Waals surface area contributed by atoms with Crippen molar-refractivity contribution in [2.24, 2.45) is 0 Å². The lowest BCUT2D eigenvalue weighted by Gasteiger charge is -2.04. The van der Waals surface area contributed by atoms with Crippen LogP contribution in [-0.2, 0) is 0 Å². The smallest absolute Gasteiger partial charge is 0.323 e. The predicted octanol–water partition coefficient (Wildman–Crippen LogP) is 3.95. The highest BCUT2D eigenvalue weighted by atomic mass is 32.1. The molecule has 1 heterocycles. The normalized spacial score (nSPS) is 12.2. The lowest BCUT2D eigenvalue weighted by Crippen LogP contribution is -1.90. The van der Waals surface area contributed by atoms with Crippen LogP contribution in [0.2, 0.25) is 0 Å². The number of hydrogen-bond acceptors (Lipinski definition) is 5. The minimum Gasteiger partial charge on any atom is -0.440 e. The summed E-state index contributed by atoms with van der Waals surface area (Å²) in [5.41, 5.74) is 0.217. The number of thiophene rings is 1. The van der Waals surface area contributed by atoms with Gasteiger partial charge in [0, 0.05) is 17.0 Å². The number of hydrogen-bond donors (Lipinski definition) is 1. The molecule has 0 saturated heterocycles. The van der Waals surface area contributed by atoms with E-state index in [0.717, 1.165) is 11.3 Å². The first kappa shape index (κ1) is 14.4. The fraction of sp³-hybridized carbons (Fsp3) is 0.231. The SMILES string of the molecule is Cc1ccc(Oc2sc(C(C)O)cc2[N+](=O)[O-])cc1F. The molecule has 7 heteroatoms. The molecule has 106 valence electrons. The van der Waals surface area contributed by atoms with Crippen LogP contribution in [0.1, 0.15) is 23.5 Å². The highest BCUT2D eigenvalue weighted by Gasteiger charge is 2.23. The van der Waals surface area contributed by atoms with Gasteiger partial charge in [-0.1, -0.05) is 17.4 Å². The van der Waals surface area contributed by atoms with Crippen molar-refractivity contribution >= 4 is 17.0 Å². The van der Waals surface area contributed by atoms with E-state index in [9.17, 15) is 19.6 Å². The Morgan fingerprint density at radius 1 is 1.45 bits per heavy atom. The van der Waals surface area contributed by atoms with E-state index in [0.29, 0.717) is 10.4 Å². The average Bonchev–Trinajstić information content (AvgIpc) is 2.78. The lowest BCUT2D eigenvalue weighted by molar-refractivity contribution is -0.385. The van der Waals surface area contributed by atoms with Crippen LogP contribution in [0.25, 0.3) is 0 Å². The number of rotatable bonds is 4. The van der Waals surface area contributed by atoms with E-state index in [1.807, 2.05) is 0 Å². The zero-order valence-electron chi connectivity index (χ0n) is 10.8. The summed E-state index contributed by atoms with van der Waals surface area (Å²) in [6.45, 7) is 3.11. The zero-order chi connectivity index (χ0) is 14.9. The molecule has 0 aliphatic heterocycles. The molecule has 5 nitrogen and oxygen atoms in total. The second-order valence-electron chi connectivity index (χ2n) is 4.27. The Morgan fingerprint density at radius 2 is 2.15 bits per heavy atom. The molecule has 20 heavy (non-hydrogen) atoms. The van der Waals surface area contributed by atoms with Crippen molar-refractivity contribution in [2.75, 3.05) is 0 Å². The molecule has 1 aromatic carbocycles. The third-order valence-electron chi connectivity index (χ3n) is 2.66. The second kappa shape index (κ2) is 5.56. The first-order valence-electron chi connectivity index (χ1n) is 5.78. The summed E-state index contributed by atoms with van der Waals surface area (Å²) in [5.74, 6) is -0.271. The molecular weight excluding hydrogens is 285 g/mol. The molecule has 0 fully saturated rings. The quantitative estimate of drug-likeness (QED) is 0.685. The van der Waals surface area contributed by atoms with Gasteiger partial charge in [-0.15, -0.1) is 0 Å². The number of nitrogens with zero attached hydrogens (tertiary/aromatic N) is 1. The van der Waals surface area contributed by atoms with E-state index in [2.05, 4.69) is 0 Å². The summed E-state index contributed by atoms with van der Waals surface area (Å²) >= 11 is 0.964. The monoisotopic (exact) mass is 297 g/mol. The van der Waals surface area contributed by atoms with Gasteiger partial charge in [0.25, 0.3) is 5.06 Å². The molecule has 0 radical (unpaired) electrons. The number of nitro groups is 1. The van der Waals surface area contributed by atoms with Crippen molar-refractivity contribution in [3.05, 3.63) is 50.6 Å². The lowest BCUT2D eigenvalue weighted by atomic mass is 10.2. The van der Waals surface area contributed by atoms with Crippen LogP contribution in [0.15, 0.2) is 24.3 Å². The summed E-state index contributed by atoms with van der Waals surface area (Å²) in [6.07, 6.45) is -0.828. The van der Waals surface area contributed by atoms with Gasteiger partial charge in [-0.25, -0.2) is 4.39 Å². The molecule has 0 aliphatic carbocycles. The third kappa shape index (κ3) is 2.94. The highest BCUT2D eigenvalue weighted by molar-refractivity contribution is 7.14. The van der Waals surface area contributed by atoms with Crippen molar-refractivity contribution in [3.8, 4) is 10.8 Å². The zero-order valence-corrected chi connectivity index (χ0v) is 11.6. The van der Waals surface area contributed by atoms with E-state index in [1.165, 1.54) is 31.2 Å². The minimum absolute atomic E-state index is 0.0224.